The number of halogens is 2. The average Bonchev–Trinajstić information content (AvgIpc) is 2.11. The van der Waals surface area contributed by atoms with Crippen LogP contribution in [-0.2, 0) is 10.2 Å². The molecule has 0 unspecified atom stereocenters. The van der Waals surface area contributed by atoms with Crippen molar-refractivity contribution < 1.29 is 26.6 Å². The highest BCUT2D eigenvalue weighted by molar-refractivity contribution is 7.86. The molecular formula is C10H12ClFO5SSi. The number of hydrogen-bond acceptors (Lipinski definition) is 4. The minimum absolute atomic E-state index is 0.0657. The lowest BCUT2D eigenvalue weighted by Crippen LogP contribution is -2.30. The third-order valence-electron chi connectivity index (χ3n) is 1.94. The Kier molecular flexibility index (Phi) is 4.28. The predicted molar refractivity (Wildman–Crippen MR) is 70.7 cm³/mol. The zero-order chi connectivity index (χ0) is 15.0. The van der Waals surface area contributed by atoms with Gasteiger partial charge in [0, 0.05) is 0 Å². The quantitative estimate of drug-likeness (QED) is 0.679. The van der Waals surface area contributed by atoms with Gasteiger partial charge >= 0.3 is 16.2 Å². The van der Waals surface area contributed by atoms with Gasteiger partial charge in [-0.1, -0.05) is 11.6 Å². The fourth-order valence-corrected chi connectivity index (χ4v) is 3.11. The van der Waals surface area contributed by atoms with Crippen LogP contribution in [0.1, 0.15) is 10.4 Å². The van der Waals surface area contributed by atoms with Crippen molar-refractivity contribution >= 4 is 36.1 Å². The van der Waals surface area contributed by atoms with Crippen LogP contribution in [0.25, 0.3) is 0 Å². The summed E-state index contributed by atoms with van der Waals surface area (Å²) in [6, 6.07) is 1.67. The molecule has 19 heavy (non-hydrogen) atoms. The summed E-state index contributed by atoms with van der Waals surface area (Å²) in [6.07, 6.45) is 0. The minimum atomic E-state index is -5.09. The predicted octanol–water partition coefficient (Wildman–Crippen LogP) is 2.91. The zero-order valence-electron chi connectivity index (χ0n) is 10.4. The Balaban J connectivity index is 3.51. The van der Waals surface area contributed by atoms with Gasteiger partial charge in [-0.25, -0.2) is 4.79 Å². The summed E-state index contributed by atoms with van der Waals surface area (Å²) in [5.41, 5.74) is -0.442. The summed E-state index contributed by atoms with van der Waals surface area (Å²) in [5.74, 6) is -1.49. The first-order valence-corrected chi connectivity index (χ1v) is 10.3. The van der Waals surface area contributed by atoms with Crippen molar-refractivity contribution in [2.45, 2.75) is 24.5 Å². The maximum absolute atomic E-state index is 13.0. The van der Waals surface area contributed by atoms with Gasteiger partial charge in [-0.15, -0.1) is 3.89 Å². The molecule has 9 heteroatoms. The molecule has 0 heterocycles. The van der Waals surface area contributed by atoms with E-state index in [2.05, 4.69) is 0 Å². The van der Waals surface area contributed by atoms with Crippen LogP contribution in [0.3, 0.4) is 0 Å². The highest BCUT2D eigenvalue weighted by Crippen LogP contribution is 2.32. The van der Waals surface area contributed by atoms with Gasteiger partial charge in [0.15, 0.2) is 0 Å². The normalized spacial score (nSPS) is 12.3. The Hall–Kier alpha value is -1.12. The highest BCUT2D eigenvalue weighted by Gasteiger charge is 2.26. The van der Waals surface area contributed by atoms with E-state index in [1.807, 2.05) is 19.6 Å². The molecule has 0 radical (unpaired) electrons. The van der Waals surface area contributed by atoms with E-state index in [0.717, 1.165) is 6.07 Å². The van der Waals surface area contributed by atoms with Crippen molar-refractivity contribution in [1.82, 2.24) is 0 Å². The van der Waals surface area contributed by atoms with Crippen LogP contribution in [-0.4, -0.2) is 27.8 Å². The van der Waals surface area contributed by atoms with Gasteiger partial charge in [-0.2, -0.15) is 8.42 Å². The highest BCUT2D eigenvalue weighted by atomic mass is 35.5. The fourth-order valence-electron chi connectivity index (χ4n) is 1.30. The number of benzene rings is 1. The molecule has 0 spiro atoms. The Morgan fingerprint density at radius 3 is 2.26 bits per heavy atom. The number of aromatic carboxylic acids is 1. The van der Waals surface area contributed by atoms with E-state index in [4.69, 9.17) is 21.1 Å². The molecule has 1 rings (SSSR count). The van der Waals surface area contributed by atoms with Crippen LogP contribution >= 0.6 is 11.6 Å². The number of rotatable bonds is 4. The van der Waals surface area contributed by atoms with E-state index in [1.165, 1.54) is 0 Å². The molecule has 106 valence electrons. The lowest BCUT2D eigenvalue weighted by Gasteiger charge is -2.21. The topological polar surface area (TPSA) is 80.7 Å². The number of carbonyl (C=O) groups is 1. The average molecular weight is 327 g/mol. The van der Waals surface area contributed by atoms with E-state index in [-0.39, 0.29) is 5.75 Å². The molecule has 0 aliphatic rings. The summed E-state index contributed by atoms with van der Waals surface area (Å²) >= 11 is 5.64. The lowest BCUT2D eigenvalue weighted by atomic mass is 10.2. The number of carboxylic acids is 1. The number of carboxylic acid groups (broad SMARTS) is 1. The molecule has 1 aromatic carbocycles. The van der Waals surface area contributed by atoms with E-state index in [1.54, 1.807) is 0 Å². The molecule has 0 aromatic heterocycles. The molecule has 0 atom stereocenters. The third-order valence-corrected chi connectivity index (χ3v) is 4.06. The smallest absolute Gasteiger partial charge is 0.339 e. The van der Waals surface area contributed by atoms with Gasteiger partial charge in [0.2, 0.25) is 8.32 Å². The second kappa shape index (κ2) is 5.10. The SMILES string of the molecule is C[Si](C)(C)Oc1cc(Cl)c(S(=O)(=O)F)cc1C(=O)O. The standard InChI is InChI=1S/C10H12ClFO5SSi/c1-19(2,3)17-8-5-7(11)9(18(12,15)16)4-6(8)10(13)14/h4-5H,1-3H3,(H,13,14). The van der Waals surface area contributed by atoms with Gasteiger partial charge in [0.1, 0.15) is 16.2 Å². The maximum Gasteiger partial charge on any atom is 0.339 e. The van der Waals surface area contributed by atoms with Gasteiger partial charge < -0.3 is 9.53 Å². The largest absolute Gasteiger partial charge is 0.544 e. The Bertz CT molecular complexity index is 624. The monoisotopic (exact) mass is 326 g/mol. The first-order valence-electron chi connectivity index (χ1n) is 5.12. The molecule has 0 bridgehead atoms. The molecule has 0 saturated carbocycles. The first kappa shape index (κ1) is 15.9. The third kappa shape index (κ3) is 4.18. The van der Waals surface area contributed by atoms with Crippen LogP contribution in [0.2, 0.25) is 24.7 Å². The Morgan fingerprint density at radius 2 is 1.89 bits per heavy atom. The molecule has 0 fully saturated rings. The van der Waals surface area contributed by atoms with Crippen LogP contribution in [0.15, 0.2) is 17.0 Å². The molecule has 0 aliphatic heterocycles. The summed E-state index contributed by atoms with van der Waals surface area (Å²) in [6.45, 7) is 5.44. The molecule has 0 saturated heterocycles. The first-order chi connectivity index (χ1) is 8.42. The summed E-state index contributed by atoms with van der Waals surface area (Å²) in [7, 11) is -7.22. The van der Waals surface area contributed by atoms with Crippen molar-refractivity contribution in [2.24, 2.45) is 0 Å². The second-order valence-electron chi connectivity index (χ2n) is 4.74. The molecule has 1 aromatic rings. The van der Waals surface area contributed by atoms with Gasteiger partial charge in [0.25, 0.3) is 0 Å². The van der Waals surface area contributed by atoms with Crippen LogP contribution in [0, 0.1) is 0 Å². The van der Waals surface area contributed by atoms with Crippen molar-refractivity contribution in [1.29, 1.82) is 0 Å². The lowest BCUT2D eigenvalue weighted by molar-refractivity contribution is 0.0694. The zero-order valence-corrected chi connectivity index (χ0v) is 13.0. The Morgan fingerprint density at radius 1 is 1.37 bits per heavy atom. The molecule has 5 nitrogen and oxygen atoms in total. The van der Waals surface area contributed by atoms with E-state index < -0.39 is 40.0 Å². The van der Waals surface area contributed by atoms with Crippen molar-refractivity contribution in [3.8, 4) is 5.75 Å². The van der Waals surface area contributed by atoms with E-state index >= 15 is 0 Å². The second-order valence-corrected chi connectivity index (χ2v) is 10.9. The van der Waals surface area contributed by atoms with Crippen LogP contribution in [0.4, 0.5) is 3.89 Å². The van der Waals surface area contributed by atoms with Gasteiger partial charge in [0.05, 0.1) is 5.02 Å². The van der Waals surface area contributed by atoms with Gasteiger partial charge in [-0.05, 0) is 31.8 Å². The molecule has 1 N–H and O–H groups in total. The summed E-state index contributed by atoms with van der Waals surface area (Å²) < 4.78 is 40.2. The van der Waals surface area contributed by atoms with E-state index in [0.29, 0.717) is 6.07 Å². The minimum Gasteiger partial charge on any atom is -0.544 e. The van der Waals surface area contributed by atoms with Gasteiger partial charge in [-0.3, -0.25) is 0 Å². The summed E-state index contributed by atoms with van der Waals surface area (Å²) in [5, 5.41) is 8.60. The fraction of sp³-hybridized carbons (Fsp3) is 0.300. The van der Waals surface area contributed by atoms with Crippen molar-refractivity contribution in [2.75, 3.05) is 0 Å². The van der Waals surface area contributed by atoms with Crippen LogP contribution < -0.4 is 4.43 Å². The Labute approximate surface area is 116 Å². The van der Waals surface area contributed by atoms with Crippen molar-refractivity contribution in [3.05, 3.63) is 22.7 Å². The van der Waals surface area contributed by atoms with Crippen LogP contribution in [0.5, 0.6) is 5.75 Å². The number of hydrogen-bond donors (Lipinski definition) is 1. The summed E-state index contributed by atoms with van der Waals surface area (Å²) in [4.78, 5) is 10.2. The maximum atomic E-state index is 13.0. The molecule has 0 aliphatic carbocycles. The molecular weight excluding hydrogens is 315 g/mol. The van der Waals surface area contributed by atoms with E-state index in [9.17, 15) is 17.1 Å². The molecule has 0 amide bonds. The van der Waals surface area contributed by atoms with Crippen molar-refractivity contribution in [3.63, 3.8) is 0 Å².